The van der Waals surface area contributed by atoms with Crippen LogP contribution in [0.5, 0.6) is 0 Å². The summed E-state index contributed by atoms with van der Waals surface area (Å²) in [7, 11) is 1.77. The molecule has 0 N–H and O–H groups in total. The molecule has 1 aliphatic rings. The zero-order valence-corrected chi connectivity index (χ0v) is 14.4. The lowest BCUT2D eigenvalue weighted by Gasteiger charge is -2.22. The van der Waals surface area contributed by atoms with Crippen LogP contribution in [-0.4, -0.2) is 28.2 Å². The molecule has 1 aliphatic carbocycles. The summed E-state index contributed by atoms with van der Waals surface area (Å²) < 4.78 is 5.47. The number of methoxy groups -OCH3 is 1. The van der Waals surface area contributed by atoms with Crippen LogP contribution in [0, 0.1) is 0 Å². The Morgan fingerprint density at radius 2 is 1.92 bits per heavy atom. The number of hydrogen-bond donors (Lipinski definition) is 0. The topological polar surface area (TPSA) is 47.9 Å². The second-order valence-corrected chi connectivity index (χ2v) is 6.44. The van der Waals surface area contributed by atoms with Gasteiger partial charge in [-0.15, -0.1) is 0 Å². The molecule has 4 rings (SSSR count). The molecule has 4 heteroatoms. The van der Waals surface area contributed by atoms with E-state index in [0.717, 1.165) is 42.8 Å². The third-order valence-electron chi connectivity index (χ3n) is 4.70. The van der Waals surface area contributed by atoms with Crippen LogP contribution in [0.3, 0.4) is 0 Å². The SMILES string of the molecule is COC1CCc2nc(-c3cccc(Cc4ccccc4)n3)ncc2C1. The van der Waals surface area contributed by atoms with Crippen molar-refractivity contribution in [3.05, 3.63) is 77.2 Å². The Kier molecular flexibility index (Phi) is 4.53. The van der Waals surface area contributed by atoms with Crippen molar-refractivity contribution in [1.29, 1.82) is 0 Å². The van der Waals surface area contributed by atoms with Crippen LogP contribution < -0.4 is 0 Å². The fourth-order valence-corrected chi connectivity index (χ4v) is 3.31. The molecular weight excluding hydrogens is 310 g/mol. The summed E-state index contributed by atoms with van der Waals surface area (Å²) in [6, 6.07) is 16.5. The first-order valence-electron chi connectivity index (χ1n) is 8.69. The lowest BCUT2D eigenvalue weighted by atomic mass is 9.95. The third kappa shape index (κ3) is 3.59. The highest BCUT2D eigenvalue weighted by molar-refractivity contribution is 5.50. The van der Waals surface area contributed by atoms with Crippen molar-refractivity contribution in [2.45, 2.75) is 31.8 Å². The molecule has 0 radical (unpaired) electrons. The Balaban J connectivity index is 1.59. The molecule has 0 fully saturated rings. The summed E-state index contributed by atoms with van der Waals surface area (Å²) in [4.78, 5) is 14.1. The van der Waals surface area contributed by atoms with E-state index in [4.69, 9.17) is 14.7 Å². The lowest BCUT2D eigenvalue weighted by molar-refractivity contribution is 0.0904. The van der Waals surface area contributed by atoms with Crippen LogP contribution in [0.25, 0.3) is 11.5 Å². The summed E-state index contributed by atoms with van der Waals surface area (Å²) in [6.45, 7) is 0. The minimum atomic E-state index is 0.286. The highest BCUT2D eigenvalue weighted by Gasteiger charge is 2.20. The highest BCUT2D eigenvalue weighted by Crippen LogP contribution is 2.23. The van der Waals surface area contributed by atoms with E-state index in [1.807, 2.05) is 24.4 Å². The summed E-state index contributed by atoms with van der Waals surface area (Å²) in [5.74, 6) is 0.713. The molecule has 0 amide bonds. The maximum absolute atomic E-state index is 5.47. The van der Waals surface area contributed by atoms with Gasteiger partial charge in [0.25, 0.3) is 0 Å². The molecule has 1 aromatic carbocycles. The number of aromatic nitrogens is 3. The number of fused-ring (bicyclic) bond motifs is 1. The van der Waals surface area contributed by atoms with Gasteiger partial charge in [0.05, 0.1) is 6.10 Å². The van der Waals surface area contributed by atoms with Crippen molar-refractivity contribution < 1.29 is 4.74 Å². The number of hydrogen-bond acceptors (Lipinski definition) is 4. The standard InChI is InChI=1S/C21H21N3O/c1-25-18-10-11-19-16(13-18)14-22-21(24-19)20-9-5-8-17(23-20)12-15-6-3-2-4-7-15/h2-9,14,18H,10-13H2,1H3. The molecule has 1 unspecified atom stereocenters. The smallest absolute Gasteiger partial charge is 0.178 e. The molecule has 0 saturated heterocycles. The number of benzene rings is 1. The zero-order chi connectivity index (χ0) is 17.1. The largest absolute Gasteiger partial charge is 0.381 e. The van der Waals surface area contributed by atoms with Gasteiger partial charge in [-0.2, -0.15) is 0 Å². The fraction of sp³-hybridized carbons (Fsp3) is 0.286. The molecule has 0 saturated carbocycles. The average Bonchev–Trinajstić information content (AvgIpc) is 2.68. The van der Waals surface area contributed by atoms with Crippen molar-refractivity contribution in [2.75, 3.05) is 7.11 Å². The van der Waals surface area contributed by atoms with Gasteiger partial charge in [-0.25, -0.2) is 15.0 Å². The first-order chi connectivity index (χ1) is 12.3. The van der Waals surface area contributed by atoms with Crippen molar-refractivity contribution in [1.82, 2.24) is 15.0 Å². The van der Waals surface area contributed by atoms with Crippen LogP contribution in [-0.2, 0) is 24.0 Å². The fourth-order valence-electron chi connectivity index (χ4n) is 3.31. The van der Waals surface area contributed by atoms with Crippen molar-refractivity contribution in [2.24, 2.45) is 0 Å². The molecule has 0 spiro atoms. The van der Waals surface area contributed by atoms with E-state index in [2.05, 4.69) is 35.3 Å². The molecular formula is C21H21N3O. The van der Waals surface area contributed by atoms with E-state index < -0.39 is 0 Å². The monoisotopic (exact) mass is 331 g/mol. The molecule has 3 aromatic rings. The molecule has 1 atom stereocenters. The Morgan fingerprint density at radius 1 is 1.04 bits per heavy atom. The van der Waals surface area contributed by atoms with Crippen molar-refractivity contribution >= 4 is 0 Å². The predicted molar refractivity (Wildman–Crippen MR) is 97.3 cm³/mol. The molecule has 2 aromatic heterocycles. The molecule has 4 nitrogen and oxygen atoms in total. The van der Waals surface area contributed by atoms with Gasteiger partial charge < -0.3 is 4.74 Å². The van der Waals surface area contributed by atoms with Crippen molar-refractivity contribution in [3.8, 4) is 11.5 Å². The molecule has 0 bridgehead atoms. The zero-order valence-electron chi connectivity index (χ0n) is 14.4. The second kappa shape index (κ2) is 7.11. The molecule has 2 heterocycles. The van der Waals surface area contributed by atoms with Crippen LogP contribution in [0.15, 0.2) is 54.7 Å². The van der Waals surface area contributed by atoms with E-state index in [0.29, 0.717) is 5.82 Å². The van der Waals surface area contributed by atoms with Gasteiger partial charge in [0.1, 0.15) is 5.69 Å². The average molecular weight is 331 g/mol. The van der Waals surface area contributed by atoms with E-state index in [-0.39, 0.29) is 6.10 Å². The highest BCUT2D eigenvalue weighted by atomic mass is 16.5. The minimum Gasteiger partial charge on any atom is -0.381 e. The van der Waals surface area contributed by atoms with Gasteiger partial charge in [0, 0.05) is 37.5 Å². The number of ether oxygens (including phenoxy) is 1. The van der Waals surface area contributed by atoms with Crippen LogP contribution in [0.1, 0.15) is 28.9 Å². The predicted octanol–water partition coefficient (Wildman–Crippen LogP) is 3.63. The number of rotatable bonds is 4. The van der Waals surface area contributed by atoms with Gasteiger partial charge in [-0.3, -0.25) is 0 Å². The normalized spacial score (nSPS) is 16.4. The minimum absolute atomic E-state index is 0.286. The van der Waals surface area contributed by atoms with Gasteiger partial charge in [0.2, 0.25) is 0 Å². The van der Waals surface area contributed by atoms with Crippen LogP contribution in [0.2, 0.25) is 0 Å². The molecule has 0 aliphatic heterocycles. The second-order valence-electron chi connectivity index (χ2n) is 6.44. The van der Waals surface area contributed by atoms with Gasteiger partial charge in [0.15, 0.2) is 5.82 Å². The van der Waals surface area contributed by atoms with Crippen LogP contribution in [0.4, 0.5) is 0 Å². The Bertz CT molecular complexity index is 864. The van der Waals surface area contributed by atoms with E-state index in [1.54, 1.807) is 7.11 Å². The molecule has 25 heavy (non-hydrogen) atoms. The number of pyridine rings is 1. The maximum atomic E-state index is 5.47. The third-order valence-corrected chi connectivity index (χ3v) is 4.70. The van der Waals surface area contributed by atoms with Gasteiger partial charge in [-0.05, 0) is 36.1 Å². The van der Waals surface area contributed by atoms with Crippen molar-refractivity contribution in [3.63, 3.8) is 0 Å². The summed E-state index contributed by atoms with van der Waals surface area (Å²) in [6.07, 6.45) is 5.89. The summed E-state index contributed by atoms with van der Waals surface area (Å²) in [5.41, 5.74) is 5.45. The van der Waals surface area contributed by atoms with Gasteiger partial charge in [-0.1, -0.05) is 36.4 Å². The first kappa shape index (κ1) is 15.9. The number of aryl methyl sites for hydroxylation is 1. The Hall–Kier alpha value is -2.59. The molecule has 126 valence electrons. The van der Waals surface area contributed by atoms with Crippen LogP contribution >= 0.6 is 0 Å². The van der Waals surface area contributed by atoms with E-state index >= 15 is 0 Å². The maximum Gasteiger partial charge on any atom is 0.178 e. The van der Waals surface area contributed by atoms with Gasteiger partial charge >= 0.3 is 0 Å². The van der Waals surface area contributed by atoms with E-state index in [1.165, 1.54) is 11.1 Å². The first-order valence-corrected chi connectivity index (χ1v) is 8.69. The number of nitrogens with zero attached hydrogens (tertiary/aromatic N) is 3. The van der Waals surface area contributed by atoms with E-state index in [9.17, 15) is 0 Å². The summed E-state index contributed by atoms with van der Waals surface area (Å²) in [5, 5.41) is 0. The Labute approximate surface area is 148 Å². The quantitative estimate of drug-likeness (QED) is 0.732. The lowest BCUT2D eigenvalue weighted by Crippen LogP contribution is -2.22. The Morgan fingerprint density at radius 3 is 2.76 bits per heavy atom. The summed E-state index contributed by atoms with van der Waals surface area (Å²) >= 11 is 0.